The maximum absolute atomic E-state index is 2.51. The van der Waals surface area contributed by atoms with E-state index < -0.39 is 21.0 Å². The second-order valence-corrected chi connectivity index (χ2v) is 10.8. The molecule has 0 aliphatic carbocycles. The van der Waals surface area contributed by atoms with Gasteiger partial charge in [-0.1, -0.05) is 0 Å². The molecule has 0 radical (unpaired) electrons. The molecule has 12 heavy (non-hydrogen) atoms. The first-order valence-corrected chi connectivity index (χ1v) is 7.86. The van der Waals surface area contributed by atoms with E-state index in [0.717, 1.165) is 13.1 Å². The van der Waals surface area contributed by atoms with E-state index in [1.807, 2.05) is 0 Å². The van der Waals surface area contributed by atoms with Crippen molar-refractivity contribution in [3.8, 4) is 0 Å². The number of nitrogens with zero attached hydrogens (tertiary/aromatic N) is 3. The van der Waals surface area contributed by atoms with Gasteiger partial charge in [-0.15, -0.1) is 0 Å². The van der Waals surface area contributed by atoms with Crippen molar-refractivity contribution >= 4 is 21.0 Å². The van der Waals surface area contributed by atoms with Gasteiger partial charge in [-0.3, -0.25) is 0 Å². The molecular weight excluding hydrogens is 260 g/mol. The SMILES string of the molecule is CC[N](C)[Sb]([N](C)C)[N](C)CC. The molecule has 0 aromatic rings. The number of rotatable bonds is 5. The average Bonchev–Trinajstić information content (AvgIpc) is 2.03. The first kappa shape index (κ1) is 12.7. The van der Waals surface area contributed by atoms with Crippen LogP contribution in [0.4, 0.5) is 0 Å². The van der Waals surface area contributed by atoms with Crippen molar-refractivity contribution in [2.75, 3.05) is 41.3 Å². The van der Waals surface area contributed by atoms with Crippen LogP contribution in [-0.4, -0.2) is 71.5 Å². The summed E-state index contributed by atoms with van der Waals surface area (Å²) in [5.41, 5.74) is 0. The summed E-state index contributed by atoms with van der Waals surface area (Å²) in [7, 11) is 8.85. The molecule has 4 heteroatoms. The van der Waals surface area contributed by atoms with Gasteiger partial charge in [-0.05, 0) is 0 Å². The first-order valence-electron chi connectivity index (χ1n) is 4.44. The van der Waals surface area contributed by atoms with E-state index in [1.54, 1.807) is 0 Å². The zero-order valence-electron chi connectivity index (χ0n) is 9.20. The fraction of sp³-hybridized carbons (Fsp3) is 1.00. The van der Waals surface area contributed by atoms with Crippen molar-refractivity contribution in [1.82, 2.24) is 9.18 Å². The zero-order valence-corrected chi connectivity index (χ0v) is 11.8. The van der Waals surface area contributed by atoms with Gasteiger partial charge in [0.25, 0.3) is 0 Å². The summed E-state index contributed by atoms with van der Waals surface area (Å²) in [6, 6.07) is 0. The minimum absolute atomic E-state index is 1.16. The topological polar surface area (TPSA) is 9.72 Å². The molecule has 0 aliphatic heterocycles. The predicted octanol–water partition coefficient (Wildman–Crippen LogP) is 0.436. The van der Waals surface area contributed by atoms with Crippen LogP contribution in [0.3, 0.4) is 0 Å². The minimum atomic E-state index is -1.45. The molecule has 0 heterocycles. The molecule has 0 amide bonds. The predicted molar refractivity (Wildman–Crippen MR) is 56.0 cm³/mol. The van der Waals surface area contributed by atoms with E-state index >= 15 is 0 Å². The molecule has 0 fully saturated rings. The molecule has 0 aromatic heterocycles. The van der Waals surface area contributed by atoms with E-state index in [9.17, 15) is 0 Å². The normalized spacial score (nSPS) is 12.5. The summed E-state index contributed by atoms with van der Waals surface area (Å²) in [4.78, 5) is 0. The standard InChI is InChI=1S/2C3H8N.C2H6N.Sb/c2*1-3-4-2;1-3-2;/h2*3H2,1-2H3;1-2H3;/q3*-1;+3. The molecule has 0 atom stereocenters. The Morgan fingerprint density at radius 3 is 1.33 bits per heavy atom. The zero-order chi connectivity index (χ0) is 9.72. The van der Waals surface area contributed by atoms with Crippen LogP contribution in [-0.2, 0) is 0 Å². The van der Waals surface area contributed by atoms with Gasteiger partial charge in [-0.2, -0.15) is 0 Å². The van der Waals surface area contributed by atoms with Crippen molar-refractivity contribution < 1.29 is 0 Å². The van der Waals surface area contributed by atoms with Crippen LogP contribution in [0.1, 0.15) is 13.8 Å². The van der Waals surface area contributed by atoms with Gasteiger partial charge in [0.1, 0.15) is 0 Å². The summed E-state index contributed by atoms with van der Waals surface area (Å²) in [6.45, 7) is 6.77. The van der Waals surface area contributed by atoms with Crippen molar-refractivity contribution in [2.45, 2.75) is 13.8 Å². The maximum atomic E-state index is 2.51. The van der Waals surface area contributed by atoms with E-state index in [4.69, 9.17) is 0 Å². The monoisotopic (exact) mass is 281 g/mol. The molecule has 0 N–H and O–H groups in total. The first-order chi connectivity index (χ1) is 5.54. The quantitative estimate of drug-likeness (QED) is 0.677. The van der Waals surface area contributed by atoms with Gasteiger partial charge >= 0.3 is 85.3 Å². The van der Waals surface area contributed by atoms with Crippen molar-refractivity contribution in [3.63, 3.8) is 0 Å². The molecule has 0 aromatic carbocycles. The van der Waals surface area contributed by atoms with E-state index in [1.165, 1.54) is 0 Å². The van der Waals surface area contributed by atoms with Gasteiger partial charge < -0.3 is 0 Å². The third-order valence-electron chi connectivity index (χ3n) is 1.88. The van der Waals surface area contributed by atoms with Crippen LogP contribution in [0.15, 0.2) is 0 Å². The number of hydrogen-bond donors (Lipinski definition) is 0. The molecule has 0 rings (SSSR count). The molecule has 0 saturated carbocycles. The molecule has 0 aliphatic rings. The van der Waals surface area contributed by atoms with Crippen LogP contribution >= 0.6 is 0 Å². The van der Waals surface area contributed by atoms with Crippen molar-refractivity contribution in [1.29, 1.82) is 0 Å². The Balaban J connectivity index is 4.21. The van der Waals surface area contributed by atoms with Crippen LogP contribution in [0.25, 0.3) is 0 Å². The van der Waals surface area contributed by atoms with Gasteiger partial charge in [0, 0.05) is 0 Å². The molecule has 74 valence electrons. The summed E-state index contributed by atoms with van der Waals surface area (Å²) >= 11 is -1.45. The van der Waals surface area contributed by atoms with Crippen molar-refractivity contribution in [2.24, 2.45) is 0 Å². The van der Waals surface area contributed by atoms with Crippen LogP contribution in [0.5, 0.6) is 0 Å². The summed E-state index contributed by atoms with van der Waals surface area (Å²) in [5.74, 6) is 0. The Morgan fingerprint density at radius 2 is 1.17 bits per heavy atom. The van der Waals surface area contributed by atoms with E-state index in [-0.39, 0.29) is 0 Å². The van der Waals surface area contributed by atoms with Gasteiger partial charge in [0.15, 0.2) is 0 Å². The second kappa shape index (κ2) is 6.20. The third kappa shape index (κ3) is 3.61. The van der Waals surface area contributed by atoms with Gasteiger partial charge in [-0.25, -0.2) is 0 Å². The Hall–Kier alpha value is 0.698. The van der Waals surface area contributed by atoms with E-state index in [2.05, 4.69) is 51.2 Å². The van der Waals surface area contributed by atoms with E-state index in [0.29, 0.717) is 0 Å². The molecule has 0 bridgehead atoms. The average molecular weight is 282 g/mol. The summed E-state index contributed by atoms with van der Waals surface area (Å²) < 4.78 is 7.43. The van der Waals surface area contributed by atoms with Crippen LogP contribution in [0, 0.1) is 0 Å². The second-order valence-electron chi connectivity index (χ2n) is 3.06. The van der Waals surface area contributed by atoms with Crippen LogP contribution < -0.4 is 0 Å². The fourth-order valence-corrected chi connectivity index (χ4v) is 7.54. The molecule has 0 spiro atoms. The molecule has 0 saturated heterocycles. The molecule has 3 nitrogen and oxygen atoms in total. The van der Waals surface area contributed by atoms with Crippen molar-refractivity contribution in [3.05, 3.63) is 0 Å². The number of hydrogen-bond acceptors (Lipinski definition) is 3. The Labute approximate surface area is 85.4 Å². The molecule has 0 unspecified atom stereocenters. The third-order valence-corrected chi connectivity index (χ3v) is 9.03. The summed E-state index contributed by atoms with van der Waals surface area (Å²) in [6.07, 6.45) is 0. The Kier molecular flexibility index (Phi) is 6.56. The Morgan fingerprint density at radius 1 is 0.833 bits per heavy atom. The van der Waals surface area contributed by atoms with Gasteiger partial charge in [0.2, 0.25) is 0 Å². The van der Waals surface area contributed by atoms with Gasteiger partial charge in [0.05, 0.1) is 0 Å². The molecular formula is C8H22N3Sb. The summed E-state index contributed by atoms with van der Waals surface area (Å²) in [5, 5.41) is 0. The fourth-order valence-electron chi connectivity index (χ4n) is 1.12. The van der Waals surface area contributed by atoms with Crippen LogP contribution in [0.2, 0.25) is 0 Å². The Bertz CT molecular complexity index is 109.